The molecule has 1 aromatic carbocycles. The maximum atomic E-state index is 11.9. The van der Waals surface area contributed by atoms with Gasteiger partial charge in [0.2, 0.25) is 0 Å². The number of benzene rings is 1. The van der Waals surface area contributed by atoms with Crippen LogP contribution >= 0.6 is 0 Å². The van der Waals surface area contributed by atoms with E-state index in [9.17, 15) is 9.59 Å². The number of carboxylic acids is 1. The lowest BCUT2D eigenvalue weighted by Crippen LogP contribution is -2.22. The third kappa shape index (κ3) is 1.95. The van der Waals surface area contributed by atoms with Crippen LogP contribution in [0.15, 0.2) is 41.5 Å². The first-order valence-electron chi connectivity index (χ1n) is 5.58. The minimum atomic E-state index is -0.911. The van der Waals surface area contributed by atoms with Crippen molar-refractivity contribution in [1.29, 1.82) is 0 Å². The van der Waals surface area contributed by atoms with Crippen LogP contribution in [0.25, 0.3) is 5.69 Å². The molecule has 0 fully saturated rings. The van der Waals surface area contributed by atoms with Gasteiger partial charge in [-0.1, -0.05) is 18.2 Å². The van der Waals surface area contributed by atoms with Crippen LogP contribution in [0.1, 0.15) is 18.4 Å². The van der Waals surface area contributed by atoms with E-state index in [0.29, 0.717) is 11.3 Å². The molecule has 0 aliphatic heterocycles. The maximum absolute atomic E-state index is 11.9. The molecule has 1 heterocycles. The summed E-state index contributed by atoms with van der Waals surface area (Å²) in [5.74, 6) is -1.57. The lowest BCUT2D eigenvalue weighted by atomic mass is 9.99. The normalized spacial score (nSPS) is 12.3. The third-order valence-electron chi connectivity index (χ3n) is 2.98. The minimum absolute atomic E-state index is 0.194. The fourth-order valence-electron chi connectivity index (χ4n) is 1.85. The van der Waals surface area contributed by atoms with Crippen LogP contribution < -0.4 is 5.69 Å². The molecule has 1 N–H and O–H groups in total. The van der Waals surface area contributed by atoms with Gasteiger partial charge in [0.15, 0.2) is 0 Å². The van der Waals surface area contributed by atoms with Crippen molar-refractivity contribution in [2.45, 2.75) is 12.8 Å². The second-order valence-corrected chi connectivity index (χ2v) is 4.18. The van der Waals surface area contributed by atoms with E-state index in [-0.39, 0.29) is 5.69 Å². The van der Waals surface area contributed by atoms with Crippen LogP contribution in [0.4, 0.5) is 0 Å². The van der Waals surface area contributed by atoms with Crippen molar-refractivity contribution in [3.8, 4) is 5.69 Å². The van der Waals surface area contributed by atoms with E-state index in [1.165, 1.54) is 9.13 Å². The van der Waals surface area contributed by atoms with Gasteiger partial charge in [-0.15, -0.1) is 0 Å². The topological polar surface area (TPSA) is 64.2 Å². The van der Waals surface area contributed by atoms with Crippen LogP contribution in [-0.4, -0.2) is 20.2 Å². The second-order valence-electron chi connectivity index (χ2n) is 4.18. The Hall–Kier alpha value is -2.30. The average Bonchev–Trinajstić information content (AvgIpc) is 2.69. The maximum Gasteiger partial charge on any atom is 0.332 e. The van der Waals surface area contributed by atoms with E-state index < -0.39 is 11.9 Å². The van der Waals surface area contributed by atoms with E-state index in [4.69, 9.17) is 5.11 Å². The molecular formula is C13H14N2O3. The van der Waals surface area contributed by atoms with Gasteiger partial charge in [-0.05, 0) is 18.6 Å². The van der Waals surface area contributed by atoms with Crippen LogP contribution in [0, 0.1) is 0 Å². The van der Waals surface area contributed by atoms with E-state index in [0.717, 1.165) is 0 Å². The summed E-state index contributed by atoms with van der Waals surface area (Å²) in [4.78, 5) is 23.0. The Morgan fingerprint density at radius 2 is 1.94 bits per heavy atom. The highest BCUT2D eigenvalue weighted by Crippen LogP contribution is 2.22. The van der Waals surface area contributed by atoms with E-state index >= 15 is 0 Å². The predicted octanol–water partition coefficient (Wildman–Crippen LogP) is 1.36. The zero-order valence-electron chi connectivity index (χ0n) is 10.2. The van der Waals surface area contributed by atoms with Crippen molar-refractivity contribution in [3.05, 3.63) is 52.7 Å². The van der Waals surface area contributed by atoms with Crippen molar-refractivity contribution in [3.63, 3.8) is 0 Å². The first-order chi connectivity index (χ1) is 8.52. The Balaban J connectivity index is 2.62. The van der Waals surface area contributed by atoms with Gasteiger partial charge in [0, 0.05) is 19.4 Å². The van der Waals surface area contributed by atoms with Crippen molar-refractivity contribution >= 4 is 5.97 Å². The SMILES string of the molecule is CC(C(=O)O)c1ccccc1-n1ccn(C)c1=O. The Labute approximate surface area is 104 Å². The highest BCUT2D eigenvalue weighted by atomic mass is 16.4. The van der Waals surface area contributed by atoms with Crippen molar-refractivity contribution < 1.29 is 9.90 Å². The number of nitrogens with zero attached hydrogens (tertiary/aromatic N) is 2. The summed E-state index contributed by atoms with van der Waals surface area (Å²) in [7, 11) is 1.65. The lowest BCUT2D eigenvalue weighted by molar-refractivity contribution is -0.138. The third-order valence-corrected chi connectivity index (χ3v) is 2.98. The Kier molecular flexibility index (Phi) is 3.06. The molecule has 0 aliphatic carbocycles. The Bertz CT molecular complexity index is 640. The van der Waals surface area contributed by atoms with Gasteiger partial charge >= 0.3 is 11.7 Å². The van der Waals surface area contributed by atoms with Gasteiger partial charge in [-0.25, -0.2) is 4.79 Å². The van der Waals surface area contributed by atoms with Crippen molar-refractivity contribution in [2.75, 3.05) is 0 Å². The Morgan fingerprint density at radius 1 is 1.28 bits per heavy atom. The van der Waals surface area contributed by atoms with Crippen molar-refractivity contribution in [2.24, 2.45) is 7.05 Å². The molecule has 1 unspecified atom stereocenters. The largest absolute Gasteiger partial charge is 0.481 e. The summed E-state index contributed by atoms with van der Waals surface area (Å²) < 4.78 is 2.90. The number of hydrogen-bond donors (Lipinski definition) is 1. The fraction of sp³-hybridized carbons (Fsp3) is 0.231. The molecule has 0 aliphatic rings. The predicted molar refractivity (Wildman–Crippen MR) is 67.1 cm³/mol. The van der Waals surface area contributed by atoms with Crippen molar-refractivity contribution in [1.82, 2.24) is 9.13 Å². The van der Waals surface area contributed by atoms with Gasteiger partial charge in [0.1, 0.15) is 0 Å². The summed E-state index contributed by atoms with van der Waals surface area (Å²) in [6.45, 7) is 1.61. The smallest absolute Gasteiger partial charge is 0.332 e. The molecule has 0 saturated carbocycles. The molecule has 18 heavy (non-hydrogen) atoms. The number of carboxylic acid groups (broad SMARTS) is 1. The molecule has 1 aromatic heterocycles. The van der Waals surface area contributed by atoms with Crippen LogP contribution in [0.2, 0.25) is 0 Å². The molecule has 0 amide bonds. The number of aromatic nitrogens is 2. The lowest BCUT2D eigenvalue weighted by Gasteiger charge is -2.12. The summed E-state index contributed by atoms with van der Waals surface area (Å²) in [6.07, 6.45) is 3.28. The standard InChI is InChI=1S/C13H14N2O3/c1-9(12(16)17)10-5-3-4-6-11(10)15-8-7-14(2)13(15)18/h3-9H,1-2H3,(H,16,17). The number of aliphatic carboxylic acids is 1. The minimum Gasteiger partial charge on any atom is -0.481 e. The first kappa shape index (κ1) is 12.2. The molecule has 2 aromatic rings. The summed E-state index contributed by atoms with van der Waals surface area (Å²) in [5, 5.41) is 9.09. The molecule has 0 spiro atoms. The van der Waals surface area contributed by atoms with Gasteiger partial charge in [-0.3, -0.25) is 9.36 Å². The fourth-order valence-corrected chi connectivity index (χ4v) is 1.85. The number of hydrogen-bond acceptors (Lipinski definition) is 2. The second kappa shape index (κ2) is 4.52. The van der Waals surface area contributed by atoms with Crippen LogP contribution in [0.5, 0.6) is 0 Å². The molecular weight excluding hydrogens is 232 g/mol. The molecule has 2 rings (SSSR count). The zero-order valence-corrected chi connectivity index (χ0v) is 10.2. The monoisotopic (exact) mass is 246 g/mol. The average molecular weight is 246 g/mol. The van der Waals surface area contributed by atoms with Crippen LogP contribution in [0.3, 0.4) is 0 Å². The summed E-state index contributed by atoms with van der Waals surface area (Å²) >= 11 is 0. The molecule has 5 heteroatoms. The van der Waals surface area contributed by atoms with Gasteiger partial charge in [0.25, 0.3) is 0 Å². The molecule has 0 bridgehead atoms. The Morgan fingerprint density at radius 3 is 2.50 bits per heavy atom. The number of carbonyl (C=O) groups is 1. The first-order valence-corrected chi connectivity index (χ1v) is 5.58. The molecule has 1 atom stereocenters. The molecule has 0 radical (unpaired) electrons. The van der Waals surface area contributed by atoms with Gasteiger partial charge in [0.05, 0.1) is 11.6 Å². The van der Waals surface area contributed by atoms with Gasteiger partial charge < -0.3 is 9.67 Å². The number of imidazole rings is 1. The highest BCUT2D eigenvalue weighted by Gasteiger charge is 2.18. The number of para-hydroxylation sites is 1. The van der Waals surface area contributed by atoms with Crippen LogP contribution in [-0.2, 0) is 11.8 Å². The van der Waals surface area contributed by atoms with Gasteiger partial charge in [-0.2, -0.15) is 0 Å². The van der Waals surface area contributed by atoms with E-state index in [1.807, 2.05) is 0 Å². The quantitative estimate of drug-likeness (QED) is 0.889. The number of rotatable bonds is 3. The highest BCUT2D eigenvalue weighted by molar-refractivity contribution is 5.77. The zero-order chi connectivity index (χ0) is 13.3. The summed E-state index contributed by atoms with van der Waals surface area (Å²) in [6, 6.07) is 7.03. The molecule has 94 valence electrons. The number of aryl methyl sites for hydroxylation is 1. The van der Waals surface area contributed by atoms with E-state index in [1.54, 1.807) is 50.6 Å². The molecule has 5 nitrogen and oxygen atoms in total. The molecule has 0 saturated heterocycles. The summed E-state index contributed by atoms with van der Waals surface area (Å²) in [5.41, 5.74) is 1.04. The van der Waals surface area contributed by atoms with E-state index in [2.05, 4.69) is 0 Å².